The van der Waals surface area contributed by atoms with Gasteiger partial charge in [-0.25, -0.2) is 4.98 Å². The minimum Gasteiger partial charge on any atom is -0.379 e. The molecule has 138 valence electrons. The number of amides is 1. The van der Waals surface area contributed by atoms with E-state index in [0.29, 0.717) is 24.3 Å². The molecule has 25 heavy (non-hydrogen) atoms. The van der Waals surface area contributed by atoms with Gasteiger partial charge in [-0.05, 0) is 18.8 Å². The van der Waals surface area contributed by atoms with Crippen molar-refractivity contribution < 1.29 is 9.53 Å². The normalized spacial score (nSPS) is 28.2. The van der Waals surface area contributed by atoms with Crippen LogP contribution in [-0.2, 0) is 16.1 Å². The molecular formula is C18H28N4O2S. The fourth-order valence-electron chi connectivity index (χ4n) is 4.38. The van der Waals surface area contributed by atoms with Crippen molar-refractivity contribution in [2.45, 2.75) is 31.8 Å². The number of piperidine rings is 1. The van der Waals surface area contributed by atoms with Crippen LogP contribution in [0.4, 0.5) is 0 Å². The second-order valence-corrected chi connectivity index (χ2v) is 8.24. The first-order valence-electron chi connectivity index (χ1n) is 9.47. The van der Waals surface area contributed by atoms with Crippen LogP contribution in [0.2, 0.25) is 0 Å². The van der Waals surface area contributed by atoms with Gasteiger partial charge in [0.15, 0.2) is 0 Å². The second kappa shape index (κ2) is 8.12. The molecule has 0 spiro atoms. The van der Waals surface area contributed by atoms with E-state index < -0.39 is 0 Å². The quantitative estimate of drug-likeness (QED) is 0.788. The molecule has 2 atom stereocenters. The molecule has 0 saturated carbocycles. The van der Waals surface area contributed by atoms with Gasteiger partial charge in [-0.1, -0.05) is 0 Å². The number of aromatic nitrogens is 1. The van der Waals surface area contributed by atoms with E-state index in [1.165, 1.54) is 6.42 Å². The number of fused-ring (bicyclic) bond motifs is 4. The number of carbonyl (C=O) groups excluding carboxylic acids is 1. The van der Waals surface area contributed by atoms with Gasteiger partial charge >= 0.3 is 0 Å². The van der Waals surface area contributed by atoms with Gasteiger partial charge in [0.25, 0.3) is 0 Å². The first-order valence-corrected chi connectivity index (χ1v) is 10.4. The average Bonchev–Trinajstić information content (AvgIpc) is 2.99. The lowest BCUT2D eigenvalue weighted by Crippen LogP contribution is -2.48. The molecule has 0 unspecified atom stereocenters. The highest BCUT2D eigenvalue weighted by Gasteiger charge is 2.37. The number of hydrogen-bond acceptors (Lipinski definition) is 6. The fourth-order valence-corrected chi connectivity index (χ4v) is 4.93. The first kappa shape index (κ1) is 17.4. The van der Waals surface area contributed by atoms with Crippen LogP contribution in [0.1, 0.15) is 25.0 Å². The van der Waals surface area contributed by atoms with Crippen LogP contribution in [-0.4, -0.2) is 84.1 Å². The van der Waals surface area contributed by atoms with Crippen LogP contribution in [0.3, 0.4) is 0 Å². The Morgan fingerprint density at radius 1 is 1.20 bits per heavy atom. The zero-order valence-electron chi connectivity index (χ0n) is 14.8. The Morgan fingerprint density at radius 2 is 2.08 bits per heavy atom. The van der Waals surface area contributed by atoms with Crippen LogP contribution in [0.5, 0.6) is 0 Å². The number of rotatable bonds is 5. The van der Waals surface area contributed by atoms with Gasteiger partial charge in [0, 0.05) is 63.7 Å². The summed E-state index contributed by atoms with van der Waals surface area (Å²) < 4.78 is 5.39. The molecule has 5 rings (SSSR count). The molecule has 4 aliphatic heterocycles. The smallest absolute Gasteiger partial charge is 0.224 e. The van der Waals surface area contributed by atoms with Gasteiger partial charge in [0.2, 0.25) is 5.91 Å². The minimum atomic E-state index is 0.344. The number of carbonyl (C=O) groups is 1. The molecule has 4 aliphatic rings. The number of nitrogens with zero attached hydrogens (tertiary/aromatic N) is 4. The summed E-state index contributed by atoms with van der Waals surface area (Å²) in [5.41, 5.74) is 3.07. The molecule has 0 radical (unpaired) electrons. The third-order valence-electron chi connectivity index (χ3n) is 5.72. The zero-order valence-corrected chi connectivity index (χ0v) is 15.6. The lowest BCUT2D eigenvalue weighted by molar-refractivity contribution is -0.135. The van der Waals surface area contributed by atoms with Crippen molar-refractivity contribution in [2.75, 3.05) is 52.5 Å². The van der Waals surface area contributed by atoms with Gasteiger partial charge in [0.05, 0.1) is 24.4 Å². The molecule has 0 N–H and O–H groups in total. The maximum atomic E-state index is 12.8. The predicted molar refractivity (Wildman–Crippen MR) is 97.5 cm³/mol. The third-order valence-corrected chi connectivity index (χ3v) is 6.36. The lowest BCUT2D eigenvalue weighted by atomic mass is 9.94. The minimum absolute atomic E-state index is 0.344. The van der Waals surface area contributed by atoms with Gasteiger partial charge in [-0.3, -0.25) is 14.6 Å². The van der Waals surface area contributed by atoms with Gasteiger partial charge in [-0.15, -0.1) is 11.3 Å². The molecule has 1 aromatic rings. The first-order chi connectivity index (χ1) is 12.3. The maximum absolute atomic E-state index is 12.8. The molecular weight excluding hydrogens is 336 g/mol. The Morgan fingerprint density at radius 3 is 2.88 bits per heavy atom. The highest BCUT2D eigenvalue weighted by atomic mass is 32.1. The summed E-state index contributed by atoms with van der Waals surface area (Å²) in [6.07, 6.45) is 3.06. The van der Waals surface area contributed by atoms with Crippen LogP contribution in [0.25, 0.3) is 0 Å². The molecule has 7 heteroatoms. The molecule has 4 fully saturated rings. The highest BCUT2D eigenvalue weighted by molar-refractivity contribution is 7.07. The van der Waals surface area contributed by atoms with Crippen LogP contribution in [0.15, 0.2) is 10.9 Å². The molecule has 4 saturated heterocycles. The van der Waals surface area contributed by atoms with Crippen molar-refractivity contribution in [1.82, 2.24) is 19.7 Å². The monoisotopic (exact) mass is 364 g/mol. The lowest BCUT2D eigenvalue weighted by Gasteiger charge is -2.37. The molecule has 0 aromatic carbocycles. The standard InChI is InChI=1S/C18H28N4O2S/c23-18(3-4-20-5-7-24-8-6-20)22-10-15-1-2-17(22)12-21(9-15)11-16-13-25-14-19-16/h13-15,17H,1-12H2/t15-,17+/m1/s1. The Hall–Kier alpha value is -1.02. The number of hydrogen-bond donors (Lipinski definition) is 0. The maximum Gasteiger partial charge on any atom is 0.224 e. The van der Waals surface area contributed by atoms with Gasteiger partial charge < -0.3 is 9.64 Å². The summed E-state index contributed by atoms with van der Waals surface area (Å²) in [4.78, 5) is 24.3. The summed E-state index contributed by atoms with van der Waals surface area (Å²) in [6.45, 7) is 8.35. The summed E-state index contributed by atoms with van der Waals surface area (Å²) in [6, 6.07) is 0.384. The number of thiazole rings is 1. The Balaban J connectivity index is 1.32. The Labute approximate surface area is 153 Å². The summed E-state index contributed by atoms with van der Waals surface area (Å²) in [7, 11) is 0. The molecule has 1 amide bonds. The fraction of sp³-hybridized carbons (Fsp3) is 0.778. The largest absolute Gasteiger partial charge is 0.379 e. The molecule has 0 aliphatic carbocycles. The second-order valence-electron chi connectivity index (χ2n) is 7.52. The Kier molecular flexibility index (Phi) is 5.65. The van der Waals surface area contributed by atoms with E-state index in [1.54, 1.807) is 11.3 Å². The van der Waals surface area contributed by atoms with Crippen molar-refractivity contribution in [1.29, 1.82) is 0 Å². The number of ether oxygens (including phenoxy) is 1. The molecule has 2 bridgehead atoms. The SMILES string of the molecule is O=C(CCN1CCOCC1)N1C[C@@H]2CC[C@H]1CN(Cc1cscn1)C2. The Bertz CT molecular complexity index is 561. The van der Waals surface area contributed by atoms with Crippen molar-refractivity contribution in [3.63, 3.8) is 0 Å². The summed E-state index contributed by atoms with van der Waals surface area (Å²) in [5, 5.41) is 2.14. The van der Waals surface area contributed by atoms with Crippen LogP contribution >= 0.6 is 11.3 Å². The van der Waals surface area contributed by atoms with E-state index in [9.17, 15) is 4.79 Å². The van der Waals surface area contributed by atoms with Crippen molar-refractivity contribution in [2.24, 2.45) is 5.92 Å². The van der Waals surface area contributed by atoms with E-state index >= 15 is 0 Å². The van der Waals surface area contributed by atoms with E-state index in [4.69, 9.17) is 4.74 Å². The van der Waals surface area contributed by atoms with Crippen LogP contribution in [0, 0.1) is 5.92 Å². The summed E-state index contributed by atoms with van der Waals surface area (Å²) in [5.74, 6) is 0.960. The topological polar surface area (TPSA) is 48.9 Å². The van der Waals surface area contributed by atoms with E-state index in [-0.39, 0.29) is 0 Å². The highest BCUT2D eigenvalue weighted by Crippen LogP contribution is 2.29. The van der Waals surface area contributed by atoms with E-state index in [2.05, 4.69) is 25.1 Å². The zero-order chi connectivity index (χ0) is 17.1. The molecule has 5 heterocycles. The molecule has 1 aromatic heterocycles. The predicted octanol–water partition coefficient (Wildman–Crippen LogP) is 1.29. The van der Waals surface area contributed by atoms with Crippen molar-refractivity contribution in [3.05, 3.63) is 16.6 Å². The van der Waals surface area contributed by atoms with E-state index in [1.807, 2.05) is 5.51 Å². The van der Waals surface area contributed by atoms with Crippen LogP contribution < -0.4 is 0 Å². The molecule has 6 nitrogen and oxygen atoms in total. The van der Waals surface area contributed by atoms with Crippen molar-refractivity contribution in [3.8, 4) is 0 Å². The summed E-state index contributed by atoms with van der Waals surface area (Å²) >= 11 is 1.66. The van der Waals surface area contributed by atoms with Gasteiger partial charge in [0.1, 0.15) is 0 Å². The van der Waals surface area contributed by atoms with Gasteiger partial charge in [-0.2, -0.15) is 0 Å². The van der Waals surface area contributed by atoms with Crippen molar-refractivity contribution >= 4 is 17.2 Å². The average molecular weight is 365 g/mol. The third kappa shape index (κ3) is 4.39. The number of morpholine rings is 1. The van der Waals surface area contributed by atoms with E-state index in [0.717, 1.165) is 71.1 Å².